The quantitative estimate of drug-likeness (QED) is 0.323. The number of nitrogen functional groups attached to an aromatic ring is 1. The van der Waals surface area contributed by atoms with Gasteiger partial charge in [-0.1, -0.05) is 30.0 Å². The Morgan fingerprint density at radius 2 is 1.78 bits per heavy atom. The van der Waals surface area contributed by atoms with Crippen LogP contribution in [0.15, 0.2) is 46.7 Å². The van der Waals surface area contributed by atoms with Gasteiger partial charge in [0.1, 0.15) is 22.0 Å². The number of nitrogens with two attached hydrogens (primary N) is 1. The van der Waals surface area contributed by atoms with Gasteiger partial charge in [0.25, 0.3) is 0 Å². The van der Waals surface area contributed by atoms with Crippen LogP contribution in [0.25, 0.3) is 0 Å². The Labute approximate surface area is 164 Å². The highest BCUT2D eigenvalue weighted by Crippen LogP contribution is 2.33. The summed E-state index contributed by atoms with van der Waals surface area (Å²) < 4.78 is 14.5. The Bertz CT molecular complexity index is 860. The van der Waals surface area contributed by atoms with Crippen molar-refractivity contribution in [3.8, 4) is 0 Å². The molecule has 0 saturated carbocycles. The minimum Gasteiger partial charge on any atom is -0.465 e. The molecule has 0 bridgehead atoms. The molecule has 2 N–H and O–H groups in total. The molecule has 2 aromatic rings. The fraction of sp³-hybridized carbons (Fsp3) is 0.167. The highest BCUT2D eigenvalue weighted by Gasteiger charge is 2.27. The number of esters is 3. The minimum atomic E-state index is -0.722. The first-order valence-corrected chi connectivity index (χ1v) is 9.30. The minimum absolute atomic E-state index is 0.00154. The predicted molar refractivity (Wildman–Crippen MR) is 103 cm³/mol. The summed E-state index contributed by atoms with van der Waals surface area (Å²) in [4.78, 5) is 36.8. The Balaban J connectivity index is 2.10. The van der Waals surface area contributed by atoms with Gasteiger partial charge < -0.3 is 19.9 Å². The number of carbonyl (C=O) groups is 3. The summed E-state index contributed by atoms with van der Waals surface area (Å²) in [6, 6.07) is 9.47. The van der Waals surface area contributed by atoms with Crippen LogP contribution >= 0.6 is 23.1 Å². The van der Waals surface area contributed by atoms with Crippen LogP contribution in [0.2, 0.25) is 0 Å². The van der Waals surface area contributed by atoms with Crippen molar-refractivity contribution in [2.75, 3.05) is 20.0 Å². The van der Waals surface area contributed by atoms with E-state index < -0.39 is 17.9 Å². The van der Waals surface area contributed by atoms with Crippen molar-refractivity contribution in [3.63, 3.8) is 0 Å². The average Bonchev–Trinajstić information content (AvgIpc) is 3.02. The summed E-state index contributed by atoms with van der Waals surface area (Å²) >= 11 is 2.22. The predicted octanol–water partition coefficient (Wildman–Crippen LogP) is 3.25. The molecule has 0 aliphatic heterocycles. The van der Waals surface area contributed by atoms with Gasteiger partial charge in [-0.2, -0.15) is 0 Å². The number of hydrogen-bond acceptors (Lipinski definition) is 9. The van der Waals surface area contributed by atoms with Gasteiger partial charge in [0, 0.05) is 16.5 Å². The van der Waals surface area contributed by atoms with E-state index in [9.17, 15) is 14.4 Å². The molecule has 7 nitrogen and oxygen atoms in total. The van der Waals surface area contributed by atoms with Gasteiger partial charge >= 0.3 is 17.9 Å². The SMILES string of the molecule is COC(=O)c1sc(N)c(C(=O)OC)c1COC(=O)/C=C/Sc1ccccc1. The third kappa shape index (κ3) is 5.35. The number of carbonyl (C=O) groups excluding carboxylic acids is 3. The maximum Gasteiger partial charge on any atom is 0.348 e. The summed E-state index contributed by atoms with van der Waals surface area (Å²) in [6.45, 7) is -0.318. The first-order valence-electron chi connectivity index (χ1n) is 7.60. The van der Waals surface area contributed by atoms with Crippen LogP contribution in [-0.2, 0) is 25.6 Å². The van der Waals surface area contributed by atoms with Crippen LogP contribution in [0.5, 0.6) is 0 Å². The first-order chi connectivity index (χ1) is 13.0. The molecule has 0 spiro atoms. The van der Waals surface area contributed by atoms with Gasteiger partial charge in [0.05, 0.1) is 14.2 Å². The lowest BCUT2D eigenvalue weighted by atomic mass is 10.1. The third-order valence-corrected chi connectivity index (χ3v) is 5.16. The molecule has 0 aliphatic carbocycles. The van der Waals surface area contributed by atoms with Crippen molar-refractivity contribution in [2.24, 2.45) is 0 Å². The molecule has 0 aliphatic rings. The summed E-state index contributed by atoms with van der Waals surface area (Å²) in [5.74, 6) is -2.03. The van der Waals surface area contributed by atoms with Crippen molar-refractivity contribution in [3.05, 3.63) is 57.8 Å². The molecule has 27 heavy (non-hydrogen) atoms. The molecule has 1 aromatic heterocycles. The number of methoxy groups -OCH3 is 2. The largest absolute Gasteiger partial charge is 0.465 e. The average molecular weight is 407 g/mol. The molecule has 2 rings (SSSR count). The fourth-order valence-corrected chi connectivity index (χ4v) is 3.69. The van der Waals surface area contributed by atoms with Gasteiger partial charge in [-0.3, -0.25) is 0 Å². The van der Waals surface area contributed by atoms with Crippen molar-refractivity contribution in [1.29, 1.82) is 0 Å². The molecule has 142 valence electrons. The number of ether oxygens (including phenoxy) is 3. The third-order valence-electron chi connectivity index (χ3n) is 3.30. The normalized spacial score (nSPS) is 10.6. The van der Waals surface area contributed by atoms with Crippen molar-refractivity contribution in [1.82, 2.24) is 0 Å². The molecule has 1 heterocycles. The van der Waals surface area contributed by atoms with E-state index in [0.29, 0.717) is 0 Å². The zero-order valence-electron chi connectivity index (χ0n) is 14.6. The van der Waals surface area contributed by atoms with Gasteiger partial charge in [0.15, 0.2) is 0 Å². The summed E-state index contributed by atoms with van der Waals surface area (Å²) in [5, 5.41) is 1.67. The zero-order chi connectivity index (χ0) is 19.8. The van der Waals surface area contributed by atoms with Gasteiger partial charge in [-0.05, 0) is 17.5 Å². The Morgan fingerprint density at radius 1 is 1.11 bits per heavy atom. The number of rotatable bonds is 7. The molecule has 1 aromatic carbocycles. The molecular weight excluding hydrogens is 390 g/mol. The van der Waals surface area contributed by atoms with Crippen LogP contribution in [0.1, 0.15) is 25.6 Å². The molecule has 0 atom stereocenters. The van der Waals surface area contributed by atoms with E-state index in [1.54, 1.807) is 5.41 Å². The van der Waals surface area contributed by atoms with Crippen LogP contribution in [0.3, 0.4) is 0 Å². The Kier molecular flexibility index (Phi) is 7.44. The molecule has 0 saturated heterocycles. The van der Waals surface area contributed by atoms with Crippen molar-refractivity contribution < 1.29 is 28.6 Å². The standard InChI is InChI=1S/C18H17NO6S2/c1-23-17(21)14-12(15(18(22)24-2)27-16(14)19)10-25-13(20)8-9-26-11-6-4-3-5-7-11/h3-9H,10,19H2,1-2H3/b9-8+. The van der Waals surface area contributed by atoms with Gasteiger partial charge in [0.2, 0.25) is 0 Å². The number of benzene rings is 1. The summed E-state index contributed by atoms with van der Waals surface area (Å²) in [5.41, 5.74) is 5.97. The number of anilines is 1. The van der Waals surface area contributed by atoms with Gasteiger partial charge in [-0.15, -0.1) is 11.3 Å². The Hall–Kier alpha value is -2.78. The lowest BCUT2D eigenvalue weighted by Gasteiger charge is -2.06. The van der Waals surface area contributed by atoms with Crippen LogP contribution < -0.4 is 5.73 Å². The molecule has 0 unspecified atom stereocenters. The number of hydrogen-bond donors (Lipinski definition) is 1. The molecule has 9 heteroatoms. The highest BCUT2D eigenvalue weighted by molar-refractivity contribution is 8.02. The van der Waals surface area contributed by atoms with E-state index >= 15 is 0 Å². The lowest BCUT2D eigenvalue weighted by Crippen LogP contribution is -2.11. The van der Waals surface area contributed by atoms with E-state index in [1.807, 2.05) is 30.3 Å². The Morgan fingerprint density at radius 3 is 2.41 bits per heavy atom. The van der Waals surface area contributed by atoms with E-state index in [-0.39, 0.29) is 27.6 Å². The van der Waals surface area contributed by atoms with E-state index in [4.69, 9.17) is 10.5 Å². The van der Waals surface area contributed by atoms with Crippen LogP contribution in [0, 0.1) is 0 Å². The number of thiophene rings is 1. The maximum atomic E-state index is 11.9. The molecular formula is C18H17NO6S2. The topological polar surface area (TPSA) is 105 Å². The highest BCUT2D eigenvalue weighted by atomic mass is 32.2. The molecule has 0 fully saturated rings. The summed E-state index contributed by atoms with van der Waals surface area (Å²) in [7, 11) is 2.39. The molecule has 0 radical (unpaired) electrons. The summed E-state index contributed by atoms with van der Waals surface area (Å²) in [6.07, 6.45) is 1.25. The second-order valence-corrected chi connectivity index (χ2v) is 7.00. The van der Waals surface area contributed by atoms with E-state index in [0.717, 1.165) is 16.2 Å². The van der Waals surface area contributed by atoms with Crippen LogP contribution in [0.4, 0.5) is 5.00 Å². The van der Waals surface area contributed by atoms with Crippen LogP contribution in [-0.4, -0.2) is 32.1 Å². The first kappa shape index (κ1) is 20.5. The van der Waals surface area contributed by atoms with E-state index in [2.05, 4.69) is 9.47 Å². The number of thioether (sulfide) groups is 1. The fourth-order valence-electron chi connectivity index (χ4n) is 2.06. The zero-order valence-corrected chi connectivity index (χ0v) is 16.2. The van der Waals surface area contributed by atoms with Crippen molar-refractivity contribution >= 4 is 46.0 Å². The molecule has 0 amide bonds. The lowest BCUT2D eigenvalue weighted by molar-refractivity contribution is -0.139. The van der Waals surface area contributed by atoms with Crippen molar-refractivity contribution in [2.45, 2.75) is 11.5 Å². The van der Waals surface area contributed by atoms with E-state index in [1.165, 1.54) is 32.1 Å². The smallest absolute Gasteiger partial charge is 0.348 e. The monoisotopic (exact) mass is 407 g/mol. The van der Waals surface area contributed by atoms with Gasteiger partial charge in [-0.25, -0.2) is 14.4 Å². The maximum absolute atomic E-state index is 11.9. The second-order valence-electron chi connectivity index (χ2n) is 4.97. The second kappa shape index (κ2) is 9.79.